The minimum Gasteiger partial charge on any atom is -0.390 e. The van der Waals surface area contributed by atoms with Crippen molar-refractivity contribution in [3.63, 3.8) is 0 Å². The average molecular weight is 355 g/mol. The van der Waals surface area contributed by atoms with Gasteiger partial charge in [0.2, 0.25) is 0 Å². The smallest absolute Gasteiger partial charge is 0.161 e. The molecular weight excluding hydrogens is 326 g/mol. The van der Waals surface area contributed by atoms with Gasteiger partial charge in [0.1, 0.15) is 5.82 Å². The van der Waals surface area contributed by atoms with E-state index in [-0.39, 0.29) is 0 Å². The standard InChI is InChI=1S/C20H29N5O/c1-3-17-12-19(24-20(23-17)16-4-8-21-9-5-16)22-13-18(26)14-25-10-6-15(2)7-11-25/h4-5,8-9,12,15,18,26H,3,6-7,10-11,13-14H2,1-2H3,(H,22,23,24). The highest BCUT2D eigenvalue weighted by Gasteiger charge is 2.18. The Balaban J connectivity index is 1.60. The third-order valence-electron chi connectivity index (χ3n) is 4.94. The van der Waals surface area contributed by atoms with Gasteiger partial charge in [-0.05, 0) is 50.4 Å². The van der Waals surface area contributed by atoms with Crippen LogP contribution in [0.1, 0.15) is 32.4 Å². The zero-order chi connectivity index (χ0) is 18.4. The van der Waals surface area contributed by atoms with E-state index < -0.39 is 6.10 Å². The van der Waals surface area contributed by atoms with Gasteiger partial charge in [-0.25, -0.2) is 9.97 Å². The predicted octanol–water partition coefficient (Wildman–Crippen LogP) is 2.61. The Morgan fingerprint density at radius 3 is 2.65 bits per heavy atom. The molecule has 0 spiro atoms. The van der Waals surface area contributed by atoms with E-state index in [1.165, 1.54) is 12.8 Å². The highest BCUT2D eigenvalue weighted by molar-refractivity contribution is 5.56. The molecule has 1 saturated heterocycles. The highest BCUT2D eigenvalue weighted by Crippen LogP contribution is 2.18. The van der Waals surface area contributed by atoms with Crippen molar-refractivity contribution in [2.24, 2.45) is 5.92 Å². The monoisotopic (exact) mass is 355 g/mol. The second-order valence-electron chi connectivity index (χ2n) is 7.18. The Hall–Kier alpha value is -2.05. The number of nitrogens with zero attached hydrogens (tertiary/aromatic N) is 4. The van der Waals surface area contributed by atoms with Crippen LogP contribution in [0.4, 0.5) is 5.82 Å². The first-order chi connectivity index (χ1) is 12.6. The summed E-state index contributed by atoms with van der Waals surface area (Å²) in [5.74, 6) is 2.25. The Labute approximate surface area is 155 Å². The maximum absolute atomic E-state index is 10.4. The van der Waals surface area contributed by atoms with Crippen LogP contribution < -0.4 is 5.32 Å². The Morgan fingerprint density at radius 1 is 1.23 bits per heavy atom. The number of rotatable bonds is 7. The second-order valence-corrected chi connectivity index (χ2v) is 7.18. The molecule has 3 heterocycles. The zero-order valence-electron chi connectivity index (χ0n) is 15.7. The number of pyridine rings is 1. The molecular formula is C20H29N5O. The fraction of sp³-hybridized carbons (Fsp3) is 0.550. The summed E-state index contributed by atoms with van der Waals surface area (Å²) < 4.78 is 0. The molecule has 3 rings (SSSR count). The van der Waals surface area contributed by atoms with Crippen molar-refractivity contribution >= 4 is 5.82 Å². The molecule has 1 fully saturated rings. The quantitative estimate of drug-likeness (QED) is 0.795. The number of nitrogens with one attached hydrogen (secondary N) is 1. The number of aliphatic hydroxyl groups excluding tert-OH is 1. The van der Waals surface area contributed by atoms with Crippen molar-refractivity contribution in [3.8, 4) is 11.4 Å². The largest absolute Gasteiger partial charge is 0.390 e. The fourth-order valence-electron chi connectivity index (χ4n) is 3.23. The molecule has 1 aliphatic rings. The van der Waals surface area contributed by atoms with Crippen LogP contribution in [0.25, 0.3) is 11.4 Å². The first-order valence-corrected chi connectivity index (χ1v) is 9.56. The van der Waals surface area contributed by atoms with E-state index in [4.69, 9.17) is 0 Å². The summed E-state index contributed by atoms with van der Waals surface area (Å²) in [6.45, 7) is 7.74. The predicted molar refractivity (Wildman–Crippen MR) is 104 cm³/mol. The first-order valence-electron chi connectivity index (χ1n) is 9.56. The molecule has 1 aliphatic heterocycles. The Bertz CT molecular complexity index is 686. The summed E-state index contributed by atoms with van der Waals surface area (Å²) >= 11 is 0. The van der Waals surface area contributed by atoms with Crippen LogP contribution in [0.15, 0.2) is 30.6 Å². The van der Waals surface area contributed by atoms with Crippen molar-refractivity contribution in [2.45, 2.75) is 39.2 Å². The van der Waals surface area contributed by atoms with Gasteiger partial charge in [-0.2, -0.15) is 0 Å². The van der Waals surface area contributed by atoms with E-state index >= 15 is 0 Å². The summed E-state index contributed by atoms with van der Waals surface area (Å²) in [6, 6.07) is 5.77. The molecule has 0 aliphatic carbocycles. The summed E-state index contributed by atoms with van der Waals surface area (Å²) in [5.41, 5.74) is 1.93. The number of anilines is 1. The summed E-state index contributed by atoms with van der Waals surface area (Å²) in [4.78, 5) is 15.6. The number of likely N-dealkylation sites (tertiary alicyclic amines) is 1. The molecule has 1 atom stereocenters. The maximum Gasteiger partial charge on any atom is 0.161 e. The van der Waals surface area contributed by atoms with Crippen LogP contribution in [0.2, 0.25) is 0 Å². The third-order valence-corrected chi connectivity index (χ3v) is 4.94. The SMILES string of the molecule is CCc1cc(NCC(O)CN2CCC(C)CC2)nc(-c2ccncc2)n1. The number of piperidine rings is 1. The number of hydrogen-bond acceptors (Lipinski definition) is 6. The van der Waals surface area contributed by atoms with E-state index in [1.54, 1.807) is 12.4 Å². The number of aryl methyl sites for hydroxylation is 1. The molecule has 140 valence electrons. The lowest BCUT2D eigenvalue weighted by atomic mass is 9.99. The number of aliphatic hydroxyl groups is 1. The Morgan fingerprint density at radius 2 is 1.96 bits per heavy atom. The minimum absolute atomic E-state index is 0.409. The van der Waals surface area contributed by atoms with Gasteiger partial charge in [-0.15, -0.1) is 0 Å². The summed E-state index contributed by atoms with van der Waals surface area (Å²) in [7, 11) is 0. The van der Waals surface area contributed by atoms with Crippen LogP contribution in [0, 0.1) is 5.92 Å². The summed E-state index contributed by atoms with van der Waals surface area (Å²) in [6.07, 6.45) is 6.36. The van der Waals surface area contributed by atoms with Gasteiger partial charge in [0.05, 0.1) is 6.10 Å². The van der Waals surface area contributed by atoms with Gasteiger partial charge in [0.15, 0.2) is 5.82 Å². The molecule has 2 aromatic heterocycles. The third kappa shape index (κ3) is 5.22. The normalized spacial score (nSPS) is 17.2. The van der Waals surface area contributed by atoms with Crippen molar-refractivity contribution in [3.05, 3.63) is 36.3 Å². The molecule has 0 bridgehead atoms. The number of β-amino-alcohol motifs (C(OH)–C–C–N with tert-alkyl or cyclic N) is 1. The molecule has 2 aromatic rings. The topological polar surface area (TPSA) is 74.2 Å². The average Bonchev–Trinajstić information content (AvgIpc) is 2.68. The first kappa shape index (κ1) is 18.7. The van der Waals surface area contributed by atoms with Crippen molar-refractivity contribution in [2.75, 3.05) is 31.5 Å². The van der Waals surface area contributed by atoms with Crippen LogP contribution in [0.5, 0.6) is 0 Å². The Kier molecular flexibility index (Phi) is 6.52. The molecule has 2 N–H and O–H groups in total. The molecule has 26 heavy (non-hydrogen) atoms. The second kappa shape index (κ2) is 9.05. The molecule has 0 amide bonds. The van der Waals surface area contributed by atoms with E-state index in [0.717, 1.165) is 42.5 Å². The molecule has 0 saturated carbocycles. The van der Waals surface area contributed by atoms with Crippen molar-refractivity contribution < 1.29 is 5.11 Å². The summed E-state index contributed by atoms with van der Waals surface area (Å²) in [5, 5.41) is 13.7. The van der Waals surface area contributed by atoms with E-state index in [9.17, 15) is 5.11 Å². The zero-order valence-corrected chi connectivity index (χ0v) is 15.7. The highest BCUT2D eigenvalue weighted by atomic mass is 16.3. The molecule has 6 nitrogen and oxygen atoms in total. The van der Waals surface area contributed by atoms with Crippen LogP contribution in [0.3, 0.4) is 0 Å². The van der Waals surface area contributed by atoms with Crippen molar-refractivity contribution in [1.82, 2.24) is 19.9 Å². The maximum atomic E-state index is 10.4. The van der Waals surface area contributed by atoms with Crippen LogP contribution in [-0.2, 0) is 6.42 Å². The fourth-order valence-corrected chi connectivity index (χ4v) is 3.23. The van der Waals surface area contributed by atoms with Gasteiger partial charge in [-0.3, -0.25) is 4.98 Å². The van der Waals surface area contributed by atoms with Crippen molar-refractivity contribution in [1.29, 1.82) is 0 Å². The number of hydrogen-bond donors (Lipinski definition) is 2. The lowest BCUT2D eigenvalue weighted by Crippen LogP contribution is -2.40. The molecule has 6 heteroatoms. The molecule has 0 radical (unpaired) electrons. The number of aromatic nitrogens is 3. The van der Waals surface area contributed by atoms with Gasteiger partial charge >= 0.3 is 0 Å². The van der Waals surface area contributed by atoms with E-state index in [0.29, 0.717) is 18.9 Å². The van der Waals surface area contributed by atoms with Gasteiger partial charge in [0.25, 0.3) is 0 Å². The van der Waals surface area contributed by atoms with E-state index in [1.807, 2.05) is 18.2 Å². The van der Waals surface area contributed by atoms with Crippen LogP contribution >= 0.6 is 0 Å². The van der Waals surface area contributed by atoms with Gasteiger partial charge in [-0.1, -0.05) is 13.8 Å². The van der Waals surface area contributed by atoms with Gasteiger partial charge in [0, 0.05) is 42.8 Å². The molecule has 0 aromatic carbocycles. The molecule has 1 unspecified atom stereocenters. The minimum atomic E-state index is -0.409. The van der Waals surface area contributed by atoms with Crippen LogP contribution in [-0.4, -0.2) is 57.2 Å². The van der Waals surface area contributed by atoms with E-state index in [2.05, 4.69) is 39.0 Å². The lowest BCUT2D eigenvalue weighted by Gasteiger charge is -2.31. The lowest BCUT2D eigenvalue weighted by molar-refractivity contribution is 0.0989. The van der Waals surface area contributed by atoms with Gasteiger partial charge < -0.3 is 15.3 Å².